The van der Waals surface area contributed by atoms with Gasteiger partial charge >= 0.3 is 0 Å². The third-order valence-electron chi connectivity index (χ3n) is 6.52. The second-order valence-electron chi connectivity index (χ2n) is 8.81. The first-order valence-corrected chi connectivity index (χ1v) is 11.6. The number of methoxy groups -OCH3 is 1. The lowest BCUT2D eigenvalue weighted by Crippen LogP contribution is -2.37. The monoisotopic (exact) mass is 467 g/mol. The minimum absolute atomic E-state index is 0.0177. The molecule has 0 radical (unpaired) electrons. The van der Waals surface area contributed by atoms with Crippen LogP contribution in [0, 0.1) is 11.6 Å². The van der Waals surface area contributed by atoms with E-state index in [4.69, 9.17) is 9.47 Å². The molecule has 1 aliphatic heterocycles. The Labute approximate surface area is 197 Å². The summed E-state index contributed by atoms with van der Waals surface area (Å²) in [6.45, 7) is 1.55. The fourth-order valence-electron chi connectivity index (χ4n) is 4.83. The van der Waals surface area contributed by atoms with Crippen molar-refractivity contribution in [2.45, 2.75) is 44.8 Å². The SMILES string of the molecule is COc1cccc(CN(CC2CCCO2)C(=O)c2nn(-c3ccc(F)c(F)c3)c3c2CCC3)c1. The number of aromatic nitrogens is 2. The first-order chi connectivity index (χ1) is 16.5. The fraction of sp³-hybridized carbons (Fsp3) is 0.385. The van der Waals surface area contributed by atoms with E-state index in [2.05, 4.69) is 5.10 Å². The fourth-order valence-corrected chi connectivity index (χ4v) is 4.83. The smallest absolute Gasteiger partial charge is 0.275 e. The summed E-state index contributed by atoms with van der Waals surface area (Å²) in [6.07, 6.45) is 4.22. The van der Waals surface area contributed by atoms with E-state index in [-0.39, 0.29) is 12.0 Å². The molecule has 0 spiro atoms. The van der Waals surface area contributed by atoms with Gasteiger partial charge in [-0.3, -0.25) is 4.79 Å². The number of fused-ring (bicyclic) bond motifs is 1. The normalized spacial score (nSPS) is 17.1. The van der Waals surface area contributed by atoms with Gasteiger partial charge in [0, 0.05) is 37.0 Å². The number of nitrogens with zero attached hydrogens (tertiary/aromatic N) is 3. The summed E-state index contributed by atoms with van der Waals surface area (Å²) in [4.78, 5) is 15.6. The van der Waals surface area contributed by atoms with Crippen LogP contribution in [-0.4, -0.2) is 47.0 Å². The highest BCUT2D eigenvalue weighted by Crippen LogP contribution is 2.30. The molecule has 0 saturated carbocycles. The van der Waals surface area contributed by atoms with Crippen LogP contribution in [0.25, 0.3) is 5.69 Å². The second-order valence-corrected chi connectivity index (χ2v) is 8.81. The number of benzene rings is 2. The Morgan fingerprint density at radius 1 is 1.18 bits per heavy atom. The minimum Gasteiger partial charge on any atom is -0.497 e. The highest BCUT2D eigenvalue weighted by Gasteiger charge is 2.31. The summed E-state index contributed by atoms with van der Waals surface area (Å²) in [6, 6.07) is 11.3. The van der Waals surface area contributed by atoms with Crippen LogP contribution < -0.4 is 4.74 Å². The summed E-state index contributed by atoms with van der Waals surface area (Å²) in [5, 5.41) is 4.61. The Kier molecular flexibility index (Phi) is 6.32. The Morgan fingerprint density at radius 2 is 2.06 bits per heavy atom. The van der Waals surface area contributed by atoms with Gasteiger partial charge in [0.1, 0.15) is 5.75 Å². The average molecular weight is 468 g/mol. The van der Waals surface area contributed by atoms with Crippen molar-refractivity contribution in [2.75, 3.05) is 20.3 Å². The zero-order valence-corrected chi connectivity index (χ0v) is 19.1. The number of ether oxygens (including phenoxy) is 2. The maximum atomic E-state index is 13.9. The number of carbonyl (C=O) groups excluding carboxylic acids is 1. The number of hydrogen-bond acceptors (Lipinski definition) is 4. The second kappa shape index (κ2) is 9.54. The van der Waals surface area contributed by atoms with Crippen LogP contribution in [-0.2, 0) is 24.1 Å². The molecule has 5 rings (SSSR count). The lowest BCUT2D eigenvalue weighted by Gasteiger charge is -2.25. The van der Waals surface area contributed by atoms with Gasteiger partial charge in [0.2, 0.25) is 0 Å². The van der Waals surface area contributed by atoms with E-state index in [1.165, 1.54) is 6.07 Å². The first-order valence-electron chi connectivity index (χ1n) is 11.6. The Bertz CT molecular complexity index is 1200. The molecule has 0 N–H and O–H groups in total. The minimum atomic E-state index is -0.939. The molecule has 1 aromatic heterocycles. The van der Waals surface area contributed by atoms with E-state index in [0.717, 1.165) is 66.8 Å². The van der Waals surface area contributed by atoms with E-state index in [0.29, 0.717) is 31.1 Å². The van der Waals surface area contributed by atoms with Crippen molar-refractivity contribution in [3.8, 4) is 11.4 Å². The summed E-state index contributed by atoms with van der Waals surface area (Å²) in [5.74, 6) is -1.31. The van der Waals surface area contributed by atoms with Gasteiger partial charge in [0.05, 0.1) is 18.9 Å². The van der Waals surface area contributed by atoms with Crippen LogP contribution in [0.4, 0.5) is 8.78 Å². The van der Waals surface area contributed by atoms with E-state index >= 15 is 0 Å². The molecule has 34 heavy (non-hydrogen) atoms. The van der Waals surface area contributed by atoms with Crippen LogP contribution in [0.3, 0.4) is 0 Å². The Morgan fingerprint density at radius 3 is 2.82 bits per heavy atom. The van der Waals surface area contributed by atoms with Gasteiger partial charge in [-0.1, -0.05) is 12.1 Å². The summed E-state index contributed by atoms with van der Waals surface area (Å²) < 4.78 is 40.2. The molecular weight excluding hydrogens is 440 g/mol. The Hall–Kier alpha value is -3.26. The van der Waals surface area contributed by atoms with Gasteiger partial charge in [0.25, 0.3) is 5.91 Å². The quantitative estimate of drug-likeness (QED) is 0.515. The van der Waals surface area contributed by atoms with Gasteiger partial charge in [-0.25, -0.2) is 13.5 Å². The number of halogens is 2. The predicted octanol–water partition coefficient (Wildman–Crippen LogP) is 4.47. The highest BCUT2D eigenvalue weighted by molar-refractivity contribution is 5.94. The molecule has 2 aliphatic rings. The molecule has 3 aromatic rings. The molecular formula is C26H27F2N3O3. The van der Waals surface area contributed by atoms with Gasteiger partial charge in [-0.2, -0.15) is 5.10 Å². The molecule has 6 nitrogen and oxygen atoms in total. The van der Waals surface area contributed by atoms with E-state index in [9.17, 15) is 13.6 Å². The lowest BCUT2D eigenvalue weighted by atomic mass is 10.1. The molecule has 0 bridgehead atoms. The summed E-state index contributed by atoms with van der Waals surface area (Å²) in [7, 11) is 1.61. The van der Waals surface area contributed by atoms with Gasteiger partial charge in [-0.05, 0) is 61.9 Å². The van der Waals surface area contributed by atoms with Gasteiger partial charge in [0.15, 0.2) is 17.3 Å². The number of amides is 1. The van der Waals surface area contributed by atoms with Crippen molar-refractivity contribution in [1.82, 2.24) is 14.7 Å². The number of carbonyl (C=O) groups is 1. The van der Waals surface area contributed by atoms with Crippen LogP contribution in [0.2, 0.25) is 0 Å². The largest absolute Gasteiger partial charge is 0.497 e. The number of hydrogen-bond donors (Lipinski definition) is 0. The summed E-state index contributed by atoms with van der Waals surface area (Å²) in [5.41, 5.74) is 3.50. The first kappa shape index (κ1) is 22.5. The van der Waals surface area contributed by atoms with E-state index in [1.807, 2.05) is 24.3 Å². The molecule has 1 aliphatic carbocycles. The molecule has 2 heterocycles. The lowest BCUT2D eigenvalue weighted by molar-refractivity contribution is 0.0501. The van der Waals surface area contributed by atoms with Crippen LogP contribution in [0.1, 0.15) is 46.6 Å². The third-order valence-corrected chi connectivity index (χ3v) is 6.52. The van der Waals surface area contributed by atoms with Crippen molar-refractivity contribution in [3.05, 3.63) is 76.6 Å². The topological polar surface area (TPSA) is 56.6 Å². The molecule has 2 aromatic carbocycles. The number of rotatable bonds is 7. The van der Waals surface area contributed by atoms with Crippen molar-refractivity contribution >= 4 is 5.91 Å². The zero-order valence-electron chi connectivity index (χ0n) is 19.1. The molecule has 1 unspecified atom stereocenters. The summed E-state index contributed by atoms with van der Waals surface area (Å²) >= 11 is 0. The van der Waals surface area contributed by atoms with Crippen molar-refractivity contribution in [1.29, 1.82) is 0 Å². The van der Waals surface area contributed by atoms with E-state index < -0.39 is 11.6 Å². The van der Waals surface area contributed by atoms with Crippen LogP contribution in [0.15, 0.2) is 42.5 Å². The highest BCUT2D eigenvalue weighted by atomic mass is 19.2. The third kappa shape index (κ3) is 4.42. The van der Waals surface area contributed by atoms with Crippen molar-refractivity contribution < 1.29 is 23.0 Å². The van der Waals surface area contributed by atoms with Gasteiger partial charge < -0.3 is 14.4 Å². The van der Waals surface area contributed by atoms with Gasteiger partial charge in [-0.15, -0.1) is 0 Å². The Balaban J connectivity index is 1.49. The van der Waals surface area contributed by atoms with Crippen molar-refractivity contribution in [3.63, 3.8) is 0 Å². The average Bonchev–Trinajstić information content (AvgIpc) is 3.59. The molecule has 178 valence electrons. The molecule has 1 fully saturated rings. The van der Waals surface area contributed by atoms with Crippen molar-refractivity contribution in [2.24, 2.45) is 0 Å². The standard InChI is InChI=1S/C26H27F2N3O3/c1-33-19-6-2-5-17(13-19)15-30(16-20-7-4-12-34-20)26(32)25-21-8-3-9-24(21)31(29-25)18-10-11-22(27)23(28)14-18/h2,5-6,10-11,13-14,20H,3-4,7-9,12,15-16H2,1H3. The van der Waals surface area contributed by atoms with Crippen LogP contribution >= 0.6 is 0 Å². The van der Waals surface area contributed by atoms with Crippen LogP contribution in [0.5, 0.6) is 5.75 Å². The maximum Gasteiger partial charge on any atom is 0.275 e. The maximum absolute atomic E-state index is 13.9. The predicted molar refractivity (Wildman–Crippen MR) is 122 cm³/mol. The zero-order chi connectivity index (χ0) is 23.7. The molecule has 1 saturated heterocycles. The van der Waals surface area contributed by atoms with E-state index in [1.54, 1.807) is 16.7 Å². The molecule has 8 heteroatoms. The molecule has 1 amide bonds. The molecule has 1 atom stereocenters.